The van der Waals surface area contributed by atoms with Gasteiger partial charge in [0.15, 0.2) is 0 Å². The highest BCUT2D eigenvalue weighted by Crippen LogP contribution is 2.29. The first-order chi connectivity index (χ1) is 11.5. The van der Waals surface area contributed by atoms with Gasteiger partial charge >= 0.3 is 0 Å². The summed E-state index contributed by atoms with van der Waals surface area (Å²) < 4.78 is 10.6. The molecule has 1 amide bonds. The van der Waals surface area contributed by atoms with Gasteiger partial charge in [0.25, 0.3) is 5.91 Å². The summed E-state index contributed by atoms with van der Waals surface area (Å²) in [5, 5.41) is 3.01. The fourth-order valence-corrected chi connectivity index (χ4v) is 2.55. The highest BCUT2D eigenvalue weighted by atomic mass is 16.5. The lowest BCUT2D eigenvalue weighted by Gasteiger charge is -2.18. The molecular formula is C20H25NO3. The number of ether oxygens (including phenoxy) is 2. The first-order valence-corrected chi connectivity index (χ1v) is 8.09. The molecule has 0 unspecified atom stereocenters. The molecule has 128 valence electrons. The van der Waals surface area contributed by atoms with Crippen LogP contribution in [0.1, 0.15) is 54.2 Å². The van der Waals surface area contributed by atoms with Crippen LogP contribution >= 0.6 is 0 Å². The summed E-state index contributed by atoms with van der Waals surface area (Å²) in [5.41, 5.74) is 2.74. The minimum absolute atomic E-state index is 0.109. The third kappa shape index (κ3) is 4.07. The van der Waals surface area contributed by atoms with Gasteiger partial charge in [0.05, 0.1) is 20.3 Å². The lowest BCUT2D eigenvalue weighted by molar-refractivity contribution is 0.0939. The Bertz CT molecular complexity index is 693. The largest absolute Gasteiger partial charge is 0.497 e. The predicted octanol–water partition coefficient (Wildman–Crippen LogP) is 4.32. The average Bonchev–Trinajstić information content (AvgIpc) is 2.60. The number of carbonyl (C=O) groups excluding carboxylic acids is 1. The molecule has 0 aliphatic rings. The summed E-state index contributed by atoms with van der Waals surface area (Å²) >= 11 is 0. The highest BCUT2D eigenvalue weighted by Gasteiger charge is 2.16. The molecule has 2 aromatic carbocycles. The first-order valence-electron chi connectivity index (χ1n) is 8.09. The number of nitrogens with one attached hydrogen (secondary N) is 1. The summed E-state index contributed by atoms with van der Waals surface area (Å²) in [7, 11) is 3.23. The van der Waals surface area contributed by atoms with Crippen LogP contribution in [0, 0.1) is 0 Å². The topological polar surface area (TPSA) is 47.6 Å². The van der Waals surface area contributed by atoms with Crippen LogP contribution in [0.3, 0.4) is 0 Å². The number of rotatable bonds is 6. The van der Waals surface area contributed by atoms with E-state index in [1.54, 1.807) is 14.2 Å². The van der Waals surface area contributed by atoms with Crippen molar-refractivity contribution in [1.82, 2.24) is 5.32 Å². The summed E-state index contributed by atoms with van der Waals surface area (Å²) in [6.07, 6.45) is 0. The van der Waals surface area contributed by atoms with E-state index in [4.69, 9.17) is 9.47 Å². The Labute approximate surface area is 143 Å². The van der Waals surface area contributed by atoms with Crippen LogP contribution in [-0.2, 0) is 0 Å². The third-order valence-electron chi connectivity index (χ3n) is 4.09. The summed E-state index contributed by atoms with van der Waals surface area (Å²) in [5.74, 6) is 1.79. The van der Waals surface area contributed by atoms with Crippen LogP contribution < -0.4 is 14.8 Å². The summed E-state index contributed by atoms with van der Waals surface area (Å²) in [6.45, 7) is 6.19. The maximum absolute atomic E-state index is 12.5. The van der Waals surface area contributed by atoms with Gasteiger partial charge in [-0.2, -0.15) is 0 Å². The van der Waals surface area contributed by atoms with Gasteiger partial charge in [-0.25, -0.2) is 0 Å². The molecule has 0 saturated heterocycles. The molecule has 0 aromatic heterocycles. The summed E-state index contributed by atoms with van der Waals surface area (Å²) in [4.78, 5) is 12.5. The van der Waals surface area contributed by atoms with E-state index in [9.17, 15) is 4.79 Å². The molecule has 0 aliphatic heterocycles. The van der Waals surface area contributed by atoms with E-state index in [-0.39, 0.29) is 11.9 Å². The maximum Gasteiger partial charge on any atom is 0.251 e. The minimum Gasteiger partial charge on any atom is -0.497 e. The molecule has 0 fully saturated rings. The molecule has 0 heterocycles. The van der Waals surface area contributed by atoms with Crippen LogP contribution in [-0.4, -0.2) is 20.1 Å². The van der Waals surface area contributed by atoms with Gasteiger partial charge in [0, 0.05) is 11.1 Å². The standard InChI is InChI=1S/C20H25NO3/c1-13(2)15-6-8-16(9-7-15)20(22)21-14(3)18-12-17(23-4)10-11-19(18)24-5/h6-14H,1-5H3,(H,21,22)/t14-/m1/s1. The van der Waals surface area contributed by atoms with E-state index in [1.807, 2.05) is 49.4 Å². The maximum atomic E-state index is 12.5. The Hall–Kier alpha value is -2.49. The number of hydrogen-bond donors (Lipinski definition) is 1. The molecule has 0 spiro atoms. The molecule has 4 heteroatoms. The molecule has 2 aromatic rings. The number of carbonyl (C=O) groups is 1. The van der Waals surface area contributed by atoms with Crippen LogP contribution in [0.25, 0.3) is 0 Å². The molecule has 0 aliphatic carbocycles. The average molecular weight is 327 g/mol. The smallest absolute Gasteiger partial charge is 0.251 e. The van der Waals surface area contributed by atoms with Gasteiger partial charge in [-0.05, 0) is 48.7 Å². The van der Waals surface area contributed by atoms with Crippen LogP contribution in [0.2, 0.25) is 0 Å². The van der Waals surface area contributed by atoms with Gasteiger partial charge in [-0.15, -0.1) is 0 Å². The van der Waals surface area contributed by atoms with E-state index in [2.05, 4.69) is 19.2 Å². The molecule has 4 nitrogen and oxygen atoms in total. The van der Waals surface area contributed by atoms with Crippen LogP contribution in [0.4, 0.5) is 0 Å². The van der Waals surface area contributed by atoms with Crippen molar-refractivity contribution in [2.45, 2.75) is 32.7 Å². The fourth-order valence-electron chi connectivity index (χ4n) is 2.55. The number of amides is 1. The Morgan fingerprint density at radius 1 is 0.958 bits per heavy atom. The summed E-state index contributed by atoms with van der Waals surface area (Å²) in [6, 6.07) is 13.1. The van der Waals surface area contributed by atoms with Gasteiger partial charge in [0.1, 0.15) is 11.5 Å². The van der Waals surface area contributed by atoms with Gasteiger partial charge in [-0.1, -0.05) is 26.0 Å². The molecule has 1 atom stereocenters. The van der Waals surface area contributed by atoms with Crippen molar-refractivity contribution in [3.8, 4) is 11.5 Å². The normalized spacial score (nSPS) is 11.9. The highest BCUT2D eigenvalue weighted by molar-refractivity contribution is 5.94. The van der Waals surface area contributed by atoms with E-state index in [0.717, 1.165) is 17.1 Å². The molecule has 1 N–H and O–H groups in total. The van der Waals surface area contributed by atoms with Crippen molar-refractivity contribution in [2.75, 3.05) is 14.2 Å². The second-order valence-electron chi connectivity index (χ2n) is 6.08. The van der Waals surface area contributed by atoms with E-state index in [1.165, 1.54) is 5.56 Å². The first kappa shape index (κ1) is 17.9. The van der Waals surface area contributed by atoms with Crippen LogP contribution in [0.5, 0.6) is 11.5 Å². The molecule has 24 heavy (non-hydrogen) atoms. The Morgan fingerprint density at radius 2 is 1.62 bits per heavy atom. The number of hydrogen-bond acceptors (Lipinski definition) is 3. The lowest BCUT2D eigenvalue weighted by atomic mass is 10.0. The van der Waals surface area contributed by atoms with Crippen molar-refractivity contribution in [3.63, 3.8) is 0 Å². The number of methoxy groups -OCH3 is 2. The Kier molecular flexibility index (Phi) is 5.85. The second kappa shape index (κ2) is 7.86. The monoisotopic (exact) mass is 327 g/mol. The Balaban J connectivity index is 2.16. The fraction of sp³-hybridized carbons (Fsp3) is 0.350. The zero-order valence-corrected chi connectivity index (χ0v) is 14.9. The predicted molar refractivity (Wildman–Crippen MR) is 96.0 cm³/mol. The Morgan fingerprint density at radius 3 is 2.17 bits per heavy atom. The van der Waals surface area contributed by atoms with Gasteiger partial charge in [-0.3, -0.25) is 4.79 Å². The molecule has 2 rings (SSSR count). The second-order valence-corrected chi connectivity index (χ2v) is 6.08. The minimum atomic E-state index is -0.202. The van der Waals surface area contributed by atoms with Gasteiger partial charge < -0.3 is 14.8 Å². The van der Waals surface area contributed by atoms with Gasteiger partial charge in [0.2, 0.25) is 0 Å². The van der Waals surface area contributed by atoms with Crippen molar-refractivity contribution < 1.29 is 14.3 Å². The molecular weight excluding hydrogens is 302 g/mol. The SMILES string of the molecule is COc1ccc(OC)c([C@@H](C)NC(=O)c2ccc(C(C)C)cc2)c1. The zero-order chi connectivity index (χ0) is 17.7. The van der Waals surface area contributed by atoms with Crippen molar-refractivity contribution in [3.05, 3.63) is 59.2 Å². The number of benzene rings is 2. The van der Waals surface area contributed by atoms with Crippen molar-refractivity contribution >= 4 is 5.91 Å². The van der Waals surface area contributed by atoms with Crippen molar-refractivity contribution in [1.29, 1.82) is 0 Å². The van der Waals surface area contributed by atoms with E-state index < -0.39 is 0 Å². The molecule has 0 radical (unpaired) electrons. The van der Waals surface area contributed by atoms with Crippen LogP contribution in [0.15, 0.2) is 42.5 Å². The zero-order valence-electron chi connectivity index (χ0n) is 14.9. The molecule has 0 bridgehead atoms. The lowest BCUT2D eigenvalue weighted by Crippen LogP contribution is -2.27. The quantitative estimate of drug-likeness (QED) is 0.859. The van der Waals surface area contributed by atoms with E-state index >= 15 is 0 Å². The van der Waals surface area contributed by atoms with Crippen molar-refractivity contribution in [2.24, 2.45) is 0 Å². The van der Waals surface area contributed by atoms with E-state index in [0.29, 0.717) is 11.5 Å². The molecule has 0 saturated carbocycles. The third-order valence-corrected chi connectivity index (χ3v) is 4.09.